The van der Waals surface area contributed by atoms with Crippen LogP contribution in [0.3, 0.4) is 0 Å². The zero-order valence-electron chi connectivity index (χ0n) is 21.9. The lowest BCUT2D eigenvalue weighted by atomic mass is 9.99. The van der Waals surface area contributed by atoms with Crippen molar-refractivity contribution in [3.63, 3.8) is 0 Å². The van der Waals surface area contributed by atoms with Crippen LogP contribution in [-0.4, -0.2) is 68.4 Å². The summed E-state index contributed by atoms with van der Waals surface area (Å²) in [5.74, 6) is -2.86. The fourth-order valence-corrected chi connectivity index (χ4v) is 5.20. The zero-order valence-corrected chi connectivity index (χ0v) is 24.4. The molecule has 1 fully saturated rings. The molecule has 2 aliphatic heterocycles. The summed E-state index contributed by atoms with van der Waals surface area (Å²) in [6.45, 7) is 0.765. The van der Waals surface area contributed by atoms with Crippen molar-refractivity contribution in [1.29, 1.82) is 0 Å². The summed E-state index contributed by atoms with van der Waals surface area (Å²) in [4.78, 5) is 70.3. The molecule has 0 radical (unpaired) electrons. The van der Waals surface area contributed by atoms with Crippen molar-refractivity contribution >= 4 is 44.8 Å². The van der Waals surface area contributed by atoms with Gasteiger partial charge in [0.05, 0.1) is 17.3 Å². The molecule has 0 saturated carbocycles. The van der Waals surface area contributed by atoms with Gasteiger partial charge in [0.15, 0.2) is 12.4 Å². The van der Waals surface area contributed by atoms with E-state index in [0.29, 0.717) is 38.4 Å². The number of hydrogen-bond acceptors (Lipinski definition) is 9. The Bertz CT molecular complexity index is 1300. The molecule has 1 aromatic carbocycles. The number of piperidine rings is 1. The molecule has 1 amide bonds. The van der Waals surface area contributed by atoms with Crippen LogP contribution in [0, 0.1) is 0 Å². The zero-order chi connectivity index (χ0) is 30.0. The quantitative estimate of drug-likeness (QED) is 0.147. The first-order valence-corrected chi connectivity index (χ1v) is 16.1. The Labute approximate surface area is 241 Å². The summed E-state index contributed by atoms with van der Waals surface area (Å²) in [6, 6.07) is 0.671. The van der Waals surface area contributed by atoms with Crippen LogP contribution in [0.1, 0.15) is 54.4 Å². The first-order valence-electron chi connectivity index (χ1n) is 12.6. The normalized spacial score (nSPS) is 19.9. The number of fused-ring (bicyclic) bond motifs is 1. The van der Waals surface area contributed by atoms with Gasteiger partial charge >= 0.3 is 21.6 Å². The van der Waals surface area contributed by atoms with Gasteiger partial charge in [-0.1, -0.05) is 35.0 Å². The first kappa shape index (κ1) is 32.8. The smallest absolute Gasteiger partial charge is 0.462 e. The minimum atomic E-state index is -5.30. The van der Waals surface area contributed by atoms with Gasteiger partial charge in [-0.3, -0.25) is 24.4 Å². The van der Waals surface area contributed by atoms with Crippen molar-refractivity contribution in [3.05, 3.63) is 46.5 Å². The highest BCUT2D eigenvalue weighted by molar-refractivity contribution is 7.47. The Morgan fingerprint density at radius 1 is 0.976 bits per heavy atom. The molecule has 0 aromatic heterocycles. The third kappa shape index (κ3) is 10.9. The fraction of sp³-hybridized carbons (Fsp3) is 0.458. The summed E-state index contributed by atoms with van der Waals surface area (Å²) < 4.78 is 37.9. The molecule has 4 N–H and O–H groups in total. The van der Waals surface area contributed by atoms with Crippen molar-refractivity contribution in [2.24, 2.45) is 5.16 Å². The number of ether oxygens (including phenoxy) is 1. The van der Waals surface area contributed by atoms with Gasteiger partial charge in [-0.05, 0) is 50.2 Å². The van der Waals surface area contributed by atoms with E-state index in [1.807, 2.05) is 6.08 Å². The van der Waals surface area contributed by atoms with Gasteiger partial charge < -0.3 is 23.5 Å². The molecule has 1 saturated heterocycles. The fourth-order valence-electron chi connectivity index (χ4n) is 4.09. The molecule has 14 nitrogen and oxygen atoms in total. The van der Waals surface area contributed by atoms with Crippen LogP contribution in [0.2, 0.25) is 5.02 Å². The second kappa shape index (κ2) is 15.0. The minimum Gasteiger partial charge on any atom is -0.462 e. The molecule has 0 atom stereocenters. The number of allylic oxidation sites excluding steroid dienone is 3. The standard InChI is InChI=1S/C24H31ClN2O12P2/c25-23-18-14-17(26-37-16-21(28)27-11-7-5-8-12-27)10-6-3-1-2-4-9-13-36-24(29)22(18)19(38-40(30,31)32)15-20(23)39-41(33,34)35/h2,4,6,10,15H,1,3,5,7-9,11-14,16H2,(H2,30,31,32)(H2,33,34,35)/b4-2+,10-6+,26-17+. The Morgan fingerprint density at radius 3 is 2.29 bits per heavy atom. The van der Waals surface area contributed by atoms with Gasteiger partial charge in [-0.2, -0.15) is 0 Å². The number of oxime groups is 1. The summed E-state index contributed by atoms with van der Waals surface area (Å²) in [5, 5.41) is 3.55. The summed E-state index contributed by atoms with van der Waals surface area (Å²) >= 11 is 6.43. The molecule has 1 aromatic rings. The lowest BCUT2D eigenvalue weighted by molar-refractivity contribution is -0.137. The number of halogens is 1. The Balaban J connectivity index is 2.08. The van der Waals surface area contributed by atoms with Crippen molar-refractivity contribution < 1.29 is 56.9 Å². The summed E-state index contributed by atoms with van der Waals surface area (Å²) in [7, 11) is -10.5. The van der Waals surface area contributed by atoms with Crippen LogP contribution in [0.4, 0.5) is 0 Å². The molecule has 0 aliphatic carbocycles. The van der Waals surface area contributed by atoms with Gasteiger partial charge in [0.2, 0.25) is 0 Å². The number of phosphoric ester groups is 2. The highest BCUT2D eigenvalue weighted by Gasteiger charge is 2.32. The predicted molar refractivity (Wildman–Crippen MR) is 147 cm³/mol. The molecular weight excluding hydrogens is 606 g/mol. The maximum absolute atomic E-state index is 13.1. The van der Waals surface area contributed by atoms with Crippen molar-refractivity contribution in [3.8, 4) is 11.5 Å². The van der Waals surface area contributed by atoms with Crippen LogP contribution in [0.15, 0.2) is 35.5 Å². The van der Waals surface area contributed by atoms with Crippen LogP contribution >= 0.6 is 27.2 Å². The average Bonchev–Trinajstić information content (AvgIpc) is 2.88. The number of phosphoric acid groups is 2. The molecule has 0 unspecified atom stereocenters. The van der Waals surface area contributed by atoms with E-state index in [1.165, 1.54) is 6.08 Å². The SMILES string of the molecule is O=C1OCC/C=C/CC/C=C/C(=N\OCC(=O)N2CCCCC2)Cc2c(Cl)c(OP(=O)(O)O)cc(OP(=O)(O)O)c21. The molecule has 41 heavy (non-hydrogen) atoms. The van der Waals surface area contributed by atoms with Gasteiger partial charge in [0.1, 0.15) is 11.3 Å². The summed E-state index contributed by atoms with van der Waals surface area (Å²) in [5.41, 5.74) is -0.639. The first-order chi connectivity index (χ1) is 19.3. The minimum absolute atomic E-state index is 0.0962. The van der Waals surface area contributed by atoms with Gasteiger partial charge in [-0.25, -0.2) is 13.9 Å². The van der Waals surface area contributed by atoms with E-state index in [4.69, 9.17) is 21.2 Å². The van der Waals surface area contributed by atoms with E-state index in [2.05, 4.69) is 14.2 Å². The molecule has 226 valence electrons. The number of esters is 1. The van der Waals surface area contributed by atoms with Crippen LogP contribution < -0.4 is 9.05 Å². The largest absolute Gasteiger partial charge is 0.524 e. The van der Waals surface area contributed by atoms with E-state index in [0.717, 1.165) is 19.3 Å². The average molecular weight is 637 g/mol. The molecule has 2 heterocycles. The summed E-state index contributed by atoms with van der Waals surface area (Å²) in [6.07, 6.45) is 11.0. The van der Waals surface area contributed by atoms with Gasteiger partial charge in [0.25, 0.3) is 5.91 Å². The van der Waals surface area contributed by atoms with E-state index >= 15 is 0 Å². The monoisotopic (exact) mass is 636 g/mol. The van der Waals surface area contributed by atoms with Gasteiger partial charge in [-0.15, -0.1) is 0 Å². The number of benzene rings is 1. The van der Waals surface area contributed by atoms with E-state index in [1.54, 1.807) is 17.1 Å². The number of carbonyl (C=O) groups is 2. The third-order valence-corrected chi connectivity index (χ3v) is 7.14. The maximum atomic E-state index is 13.1. The third-order valence-electron chi connectivity index (χ3n) is 5.86. The number of cyclic esters (lactones) is 1. The Morgan fingerprint density at radius 2 is 1.61 bits per heavy atom. The second-order valence-corrected chi connectivity index (χ2v) is 11.8. The molecule has 17 heteroatoms. The van der Waals surface area contributed by atoms with Crippen molar-refractivity contribution in [2.45, 2.75) is 44.9 Å². The number of likely N-dealkylation sites (tertiary alicyclic amines) is 1. The predicted octanol–water partition coefficient (Wildman–Crippen LogP) is 3.66. The van der Waals surface area contributed by atoms with Gasteiger partial charge in [0, 0.05) is 25.6 Å². The lowest BCUT2D eigenvalue weighted by Gasteiger charge is -2.26. The van der Waals surface area contributed by atoms with Crippen LogP contribution in [0.5, 0.6) is 11.5 Å². The number of hydrogen-bond donors (Lipinski definition) is 4. The molecular formula is C24H31ClN2O12P2. The highest BCUT2D eigenvalue weighted by Crippen LogP contribution is 2.48. The van der Waals surface area contributed by atoms with E-state index in [9.17, 15) is 38.3 Å². The number of rotatable bonds is 7. The van der Waals surface area contributed by atoms with Crippen LogP contribution in [0.25, 0.3) is 0 Å². The van der Waals surface area contributed by atoms with Crippen molar-refractivity contribution in [1.82, 2.24) is 4.90 Å². The lowest BCUT2D eigenvalue weighted by Crippen LogP contribution is -2.37. The molecule has 0 bridgehead atoms. The maximum Gasteiger partial charge on any atom is 0.524 e. The van der Waals surface area contributed by atoms with Crippen LogP contribution in [-0.2, 0) is 29.9 Å². The Kier molecular flexibility index (Phi) is 12.0. The number of carbonyl (C=O) groups excluding carboxylic acids is 2. The van der Waals surface area contributed by atoms with E-state index < -0.39 is 43.7 Å². The van der Waals surface area contributed by atoms with Crippen molar-refractivity contribution in [2.75, 3.05) is 26.3 Å². The number of nitrogens with zero attached hydrogens (tertiary/aromatic N) is 2. The molecule has 2 aliphatic rings. The topological polar surface area (TPSA) is 202 Å². The number of amides is 1. The Hall–Kier alpha value is -2.70. The highest BCUT2D eigenvalue weighted by atomic mass is 35.5. The molecule has 0 spiro atoms. The second-order valence-electron chi connectivity index (χ2n) is 9.05. The van der Waals surface area contributed by atoms with E-state index in [-0.39, 0.29) is 36.8 Å². The molecule has 3 rings (SSSR count).